The summed E-state index contributed by atoms with van der Waals surface area (Å²) in [6.07, 6.45) is 1.42. The smallest absolute Gasteiger partial charge is 0.267 e. The molecule has 4 nitrogen and oxygen atoms in total. The van der Waals surface area contributed by atoms with Crippen LogP contribution in [0.4, 0.5) is 0 Å². The summed E-state index contributed by atoms with van der Waals surface area (Å²) in [6, 6.07) is 8.97. The summed E-state index contributed by atoms with van der Waals surface area (Å²) in [5.74, 6) is 0.338. The molecule has 94 valence electrons. The molecule has 0 radical (unpaired) electrons. The van der Waals surface area contributed by atoms with E-state index in [1.807, 2.05) is 25.1 Å². The standard InChI is InChI=1S/C11H16NO3PS/c1-3-7-11(12-14-2)15-16(13,17)10-8-5-4-6-9-10/h4-6,8-9H,3,7H2,1-2H3,(H,13,17). The van der Waals surface area contributed by atoms with Gasteiger partial charge in [-0.25, -0.2) is 0 Å². The summed E-state index contributed by atoms with van der Waals surface area (Å²) >= 11 is 5.12. The summed E-state index contributed by atoms with van der Waals surface area (Å²) in [5.41, 5.74) is 0. The molecule has 1 aromatic carbocycles. The molecule has 1 unspecified atom stereocenters. The molecule has 0 amide bonds. The van der Waals surface area contributed by atoms with E-state index < -0.39 is 6.49 Å². The zero-order valence-electron chi connectivity index (χ0n) is 9.87. The van der Waals surface area contributed by atoms with Gasteiger partial charge < -0.3 is 14.3 Å². The monoisotopic (exact) mass is 273 g/mol. The zero-order valence-corrected chi connectivity index (χ0v) is 11.6. The van der Waals surface area contributed by atoms with Crippen LogP contribution in [0.3, 0.4) is 0 Å². The van der Waals surface area contributed by atoms with Crippen LogP contribution >= 0.6 is 6.49 Å². The highest BCUT2D eigenvalue weighted by Gasteiger charge is 2.20. The van der Waals surface area contributed by atoms with E-state index >= 15 is 0 Å². The molecule has 0 bridgehead atoms. The molecule has 0 saturated heterocycles. The van der Waals surface area contributed by atoms with Gasteiger partial charge in [-0.3, -0.25) is 0 Å². The van der Waals surface area contributed by atoms with Crippen molar-refractivity contribution < 1.29 is 14.3 Å². The Morgan fingerprint density at radius 1 is 1.41 bits per heavy atom. The number of rotatable bonds is 5. The van der Waals surface area contributed by atoms with Crippen molar-refractivity contribution in [1.82, 2.24) is 0 Å². The summed E-state index contributed by atoms with van der Waals surface area (Å²) in [5, 5.41) is 4.33. The van der Waals surface area contributed by atoms with Crippen molar-refractivity contribution in [2.75, 3.05) is 7.11 Å². The lowest BCUT2D eigenvalue weighted by Crippen LogP contribution is -2.11. The minimum Gasteiger partial charge on any atom is -0.423 e. The predicted molar refractivity (Wildman–Crippen MR) is 73.0 cm³/mol. The minimum absolute atomic E-state index is 0.338. The van der Waals surface area contributed by atoms with E-state index in [1.54, 1.807) is 12.1 Å². The van der Waals surface area contributed by atoms with Gasteiger partial charge in [0.05, 0.1) is 0 Å². The van der Waals surface area contributed by atoms with E-state index in [1.165, 1.54) is 7.11 Å². The Balaban J connectivity index is 2.85. The van der Waals surface area contributed by atoms with E-state index in [4.69, 9.17) is 16.3 Å². The molecule has 0 fully saturated rings. The SMILES string of the molecule is CCCC(=NOC)OP(O)(=S)c1ccccc1. The molecular formula is C11H16NO3PS. The highest BCUT2D eigenvalue weighted by Crippen LogP contribution is 2.41. The van der Waals surface area contributed by atoms with Gasteiger partial charge in [-0.15, -0.1) is 0 Å². The van der Waals surface area contributed by atoms with Crippen LogP contribution < -0.4 is 5.30 Å². The maximum atomic E-state index is 10.2. The highest BCUT2D eigenvalue weighted by atomic mass is 32.5. The van der Waals surface area contributed by atoms with E-state index in [0.717, 1.165) is 6.42 Å². The first-order valence-electron chi connectivity index (χ1n) is 5.28. The van der Waals surface area contributed by atoms with Gasteiger partial charge in [-0.1, -0.05) is 30.3 Å². The normalized spacial score (nSPS) is 15.1. The lowest BCUT2D eigenvalue weighted by molar-refractivity contribution is 0.204. The molecule has 0 aliphatic carbocycles. The van der Waals surface area contributed by atoms with Gasteiger partial charge in [-0.2, -0.15) is 0 Å². The summed E-state index contributed by atoms with van der Waals surface area (Å²) in [4.78, 5) is 14.8. The van der Waals surface area contributed by atoms with Gasteiger partial charge in [0.15, 0.2) is 0 Å². The first-order valence-corrected chi connectivity index (χ1v) is 7.95. The van der Waals surface area contributed by atoms with Crippen molar-refractivity contribution in [2.45, 2.75) is 19.8 Å². The fourth-order valence-electron chi connectivity index (χ4n) is 1.24. The second-order valence-corrected chi connectivity index (χ2v) is 6.59. The third kappa shape index (κ3) is 4.46. The van der Waals surface area contributed by atoms with Crippen molar-refractivity contribution in [1.29, 1.82) is 0 Å². The molecule has 0 heterocycles. The van der Waals surface area contributed by atoms with E-state index in [2.05, 4.69) is 9.99 Å². The van der Waals surface area contributed by atoms with Crippen LogP contribution in [0.15, 0.2) is 35.5 Å². The maximum Gasteiger partial charge on any atom is 0.267 e. The molecule has 1 N–H and O–H groups in total. The molecule has 6 heteroatoms. The highest BCUT2D eigenvalue weighted by molar-refractivity contribution is 8.13. The summed E-state index contributed by atoms with van der Waals surface area (Å²) in [6.45, 7) is -1.05. The van der Waals surface area contributed by atoms with Gasteiger partial charge >= 0.3 is 0 Å². The van der Waals surface area contributed by atoms with Crippen LogP contribution in [-0.4, -0.2) is 17.9 Å². The molecule has 0 aliphatic rings. The fourth-order valence-corrected chi connectivity index (χ4v) is 2.92. The molecule has 1 aromatic rings. The van der Waals surface area contributed by atoms with Gasteiger partial charge in [0.1, 0.15) is 7.11 Å². The van der Waals surface area contributed by atoms with Crippen LogP contribution in [0.1, 0.15) is 19.8 Å². The molecule has 0 saturated carbocycles. The average molecular weight is 273 g/mol. The predicted octanol–water partition coefficient (Wildman–Crippen LogP) is 2.39. The molecule has 0 aromatic heterocycles. The number of hydrogen-bond acceptors (Lipinski definition) is 4. The number of oxime groups is 1. The maximum absolute atomic E-state index is 10.2. The van der Waals surface area contributed by atoms with Crippen LogP contribution in [-0.2, 0) is 21.2 Å². The topological polar surface area (TPSA) is 51.0 Å². The first kappa shape index (κ1) is 14.2. The minimum atomic E-state index is -3.04. The fraction of sp³-hybridized carbons (Fsp3) is 0.364. The number of nitrogens with zero attached hydrogens (tertiary/aromatic N) is 1. The first-order chi connectivity index (χ1) is 8.10. The molecule has 17 heavy (non-hydrogen) atoms. The van der Waals surface area contributed by atoms with Gasteiger partial charge in [0, 0.05) is 11.7 Å². The number of hydrogen-bond donors (Lipinski definition) is 1. The molecule has 1 rings (SSSR count). The Kier molecular flexibility index (Phi) is 5.62. The Morgan fingerprint density at radius 3 is 2.59 bits per heavy atom. The Morgan fingerprint density at radius 2 is 2.06 bits per heavy atom. The van der Waals surface area contributed by atoms with Crippen molar-refractivity contribution in [2.24, 2.45) is 5.16 Å². The zero-order chi connectivity index (χ0) is 12.7. The molecule has 0 spiro atoms. The largest absolute Gasteiger partial charge is 0.423 e. The van der Waals surface area contributed by atoms with Crippen molar-refractivity contribution in [3.8, 4) is 0 Å². The third-order valence-corrected chi connectivity index (χ3v) is 4.23. The Labute approximate surface area is 106 Å². The quantitative estimate of drug-likeness (QED) is 0.387. The van der Waals surface area contributed by atoms with E-state index in [-0.39, 0.29) is 0 Å². The Bertz CT molecular complexity index is 422. The average Bonchev–Trinajstić information content (AvgIpc) is 2.30. The van der Waals surface area contributed by atoms with E-state index in [9.17, 15) is 4.89 Å². The molecule has 1 atom stereocenters. The molecular weight excluding hydrogens is 257 g/mol. The van der Waals surface area contributed by atoms with Gasteiger partial charge in [-0.05, 0) is 30.4 Å². The second-order valence-electron chi connectivity index (χ2n) is 3.36. The van der Waals surface area contributed by atoms with Crippen LogP contribution in [0.25, 0.3) is 0 Å². The van der Waals surface area contributed by atoms with Crippen LogP contribution in [0.5, 0.6) is 0 Å². The third-order valence-electron chi connectivity index (χ3n) is 1.97. The van der Waals surface area contributed by atoms with Crippen LogP contribution in [0.2, 0.25) is 0 Å². The van der Waals surface area contributed by atoms with E-state index in [0.29, 0.717) is 17.6 Å². The molecule has 0 aliphatic heterocycles. The Hall–Kier alpha value is -0.900. The lowest BCUT2D eigenvalue weighted by atomic mass is 10.3. The van der Waals surface area contributed by atoms with Gasteiger partial charge in [0.2, 0.25) is 5.90 Å². The van der Waals surface area contributed by atoms with Crippen LogP contribution in [0, 0.1) is 0 Å². The summed E-state index contributed by atoms with van der Waals surface area (Å²) < 4.78 is 5.41. The van der Waals surface area contributed by atoms with Crippen molar-refractivity contribution in [3.05, 3.63) is 30.3 Å². The number of benzene rings is 1. The lowest BCUT2D eigenvalue weighted by Gasteiger charge is -2.17. The second kappa shape index (κ2) is 6.74. The van der Waals surface area contributed by atoms with Crippen molar-refractivity contribution in [3.63, 3.8) is 0 Å². The van der Waals surface area contributed by atoms with Gasteiger partial charge in [0.25, 0.3) is 6.49 Å². The van der Waals surface area contributed by atoms with Crippen molar-refractivity contribution >= 4 is 29.5 Å². The summed E-state index contributed by atoms with van der Waals surface area (Å²) in [7, 11) is 1.43.